The number of nitrogens with one attached hydrogen (secondary N) is 1. The van der Waals surface area contributed by atoms with E-state index >= 15 is 0 Å². The van der Waals surface area contributed by atoms with Crippen LogP contribution in [0.25, 0.3) is 10.8 Å². The molecule has 1 aliphatic heterocycles. The van der Waals surface area contributed by atoms with Crippen LogP contribution in [-0.4, -0.2) is 0 Å². The van der Waals surface area contributed by atoms with Gasteiger partial charge < -0.3 is 5.32 Å². The van der Waals surface area contributed by atoms with Crippen LogP contribution in [0.4, 0.5) is 5.69 Å². The Bertz CT molecular complexity index is 869. The van der Waals surface area contributed by atoms with E-state index in [2.05, 4.69) is 53.9 Å². The Labute approximate surface area is 123 Å². The smallest absolute Gasteiger partial charge is 0.0991 e. The topological polar surface area (TPSA) is 35.8 Å². The van der Waals surface area contributed by atoms with Crippen molar-refractivity contribution in [2.45, 2.75) is 12.5 Å². The van der Waals surface area contributed by atoms with Gasteiger partial charge in [0.05, 0.1) is 17.7 Å². The zero-order valence-electron chi connectivity index (χ0n) is 11.5. The highest BCUT2D eigenvalue weighted by Gasteiger charge is 2.23. The molecule has 1 atom stereocenters. The van der Waals surface area contributed by atoms with Gasteiger partial charge in [-0.2, -0.15) is 5.26 Å². The molecule has 21 heavy (non-hydrogen) atoms. The van der Waals surface area contributed by atoms with Crippen molar-refractivity contribution in [1.82, 2.24) is 0 Å². The Balaban J connectivity index is 1.77. The molecule has 0 aliphatic carbocycles. The summed E-state index contributed by atoms with van der Waals surface area (Å²) in [5.74, 6) is 0. The molecule has 0 radical (unpaired) electrons. The number of hydrogen-bond donors (Lipinski definition) is 1. The zero-order valence-corrected chi connectivity index (χ0v) is 11.5. The fourth-order valence-corrected chi connectivity index (χ4v) is 3.17. The molecule has 2 heteroatoms. The van der Waals surface area contributed by atoms with E-state index in [1.54, 1.807) is 0 Å². The van der Waals surface area contributed by atoms with Crippen molar-refractivity contribution in [3.63, 3.8) is 0 Å². The van der Waals surface area contributed by atoms with Gasteiger partial charge in [0.15, 0.2) is 0 Å². The van der Waals surface area contributed by atoms with Crippen molar-refractivity contribution in [3.8, 4) is 6.07 Å². The van der Waals surface area contributed by atoms with Gasteiger partial charge in [-0.3, -0.25) is 0 Å². The molecule has 0 amide bonds. The minimum atomic E-state index is 0.278. The van der Waals surface area contributed by atoms with E-state index < -0.39 is 0 Å². The molecule has 0 saturated carbocycles. The number of nitrogens with zero attached hydrogens (tertiary/aromatic N) is 1. The Morgan fingerprint density at radius 1 is 1.00 bits per heavy atom. The fraction of sp³-hybridized carbons (Fsp3) is 0.105. The van der Waals surface area contributed by atoms with Crippen molar-refractivity contribution < 1.29 is 0 Å². The van der Waals surface area contributed by atoms with Crippen molar-refractivity contribution in [2.24, 2.45) is 0 Å². The number of nitriles is 1. The summed E-state index contributed by atoms with van der Waals surface area (Å²) < 4.78 is 0. The van der Waals surface area contributed by atoms with Gasteiger partial charge in [0.25, 0.3) is 0 Å². The second kappa shape index (κ2) is 4.64. The molecule has 1 N–H and O–H groups in total. The number of fused-ring (bicyclic) bond motifs is 2. The van der Waals surface area contributed by atoms with Crippen LogP contribution in [0.2, 0.25) is 0 Å². The summed E-state index contributed by atoms with van der Waals surface area (Å²) in [7, 11) is 0. The molecule has 0 aromatic heterocycles. The molecule has 0 fully saturated rings. The first-order valence-electron chi connectivity index (χ1n) is 7.12. The second-order valence-corrected chi connectivity index (χ2v) is 5.45. The maximum Gasteiger partial charge on any atom is 0.0991 e. The van der Waals surface area contributed by atoms with Gasteiger partial charge in [0.1, 0.15) is 0 Å². The lowest BCUT2D eigenvalue weighted by Crippen LogP contribution is -2.06. The fourth-order valence-electron chi connectivity index (χ4n) is 3.17. The van der Waals surface area contributed by atoms with Gasteiger partial charge in [0, 0.05) is 5.69 Å². The average Bonchev–Trinajstić information content (AvgIpc) is 2.97. The van der Waals surface area contributed by atoms with Crippen molar-refractivity contribution >= 4 is 16.5 Å². The normalized spacial score (nSPS) is 16.2. The van der Waals surface area contributed by atoms with Crippen molar-refractivity contribution in [3.05, 3.63) is 77.4 Å². The molecule has 1 unspecified atom stereocenters. The molecule has 1 aliphatic rings. The predicted molar refractivity (Wildman–Crippen MR) is 85.2 cm³/mol. The Morgan fingerprint density at radius 3 is 2.76 bits per heavy atom. The summed E-state index contributed by atoms with van der Waals surface area (Å²) in [4.78, 5) is 0. The molecule has 3 aromatic carbocycles. The van der Waals surface area contributed by atoms with E-state index in [0.717, 1.165) is 17.7 Å². The van der Waals surface area contributed by atoms with E-state index in [1.165, 1.54) is 21.9 Å². The third-order valence-corrected chi connectivity index (χ3v) is 4.19. The SMILES string of the molecule is N#Cc1ccc2c(c1)CC(c1cccc3ccccc13)N2. The lowest BCUT2D eigenvalue weighted by atomic mass is 9.96. The molecule has 0 spiro atoms. The number of benzene rings is 3. The highest BCUT2D eigenvalue weighted by molar-refractivity contribution is 5.86. The number of rotatable bonds is 1. The van der Waals surface area contributed by atoms with Gasteiger partial charge in [0.2, 0.25) is 0 Å². The van der Waals surface area contributed by atoms with E-state index in [9.17, 15) is 0 Å². The molecular formula is C19H14N2. The molecule has 3 aromatic rings. The largest absolute Gasteiger partial charge is 0.378 e. The maximum absolute atomic E-state index is 9.02. The van der Waals surface area contributed by atoms with Crippen molar-refractivity contribution in [2.75, 3.05) is 5.32 Å². The molecule has 0 bridgehead atoms. The third-order valence-electron chi connectivity index (χ3n) is 4.19. The first-order valence-corrected chi connectivity index (χ1v) is 7.12. The van der Waals surface area contributed by atoms with Crippen LogP contribution in [0.1, 0.15) is 22.7 Å². The van der Waals surface area contributed by atoms with Gasteiger partial charge in [-0.05, 0) is 46.5 Å². The summed E-state index contributed by atoms with van der Waals surface area (Å²) >= 11 is 0. The van der Waals surface area contributed by atoms with Crippen LogP contribution in [0.5, 0.6) is 0 Å². The van der Waals surface area contributed by atoms with E-state index in [1.807, 2.05) is 18.2 Å². The van der Waals surface area contributed by atoms with Crippen LogP contribution in [0, 0.1) is 11.3 Å². The van der Waals surface area contributed by atoms with Gasteiger partial charge in [-0.1, -0.05) is 42.5 Å². The van der Waals surface area contributed by atoms with E-state index in [-0.39, 0.29) is 6.04 Å². The van der Waals surface area contributed by atoms with Crippen LogP contribution in [0.3, 0.4) is 0 Å². The van der Waals surface area contributed by atoms with Gasteiger partial charge in [-0.25, -0.2) is 0 Å². The third kappa shape index (κ3) is 1.95. The van der Waals surface area contributed by atoms with Crippen LogP contribution >= 0.6 is 0 Å². The van der Waals surface area contributed by atoms with Gasteiger partial charge in [-0.15, -0.1) is 0 Å². The highest BCUT2D eigenvalue weighted by Crippen LogP contribution is 2.37. The summed E-state index contributed by atoms with van der Waals surface area (Å²) in [6, 6.07) is 23.3. The second-order valence-electron chi connectivity index (χ2n) is 5.45. The Kier molecular flexibility index (Phi) is 2.65. The van der Waals surface area contributed by atoms with Crippen LogP contribution in [-0.2, 0) is 6.42 Å². The Hall–Kier alpha value is -2.79. The first-order chi connectivity index (χ1) is 10.3. The lowest BCUT2D eigenvalue weighted by molar-refractivity contribution is 0.832. The van der Waals surface area contributed by atoms with Crippen LogP contribution < -0.4 is 5.32 Å². The lowest BCUT2D eigenvalue weighted by Gasteiger charge is -2.14. The predicted octanol–water partition coefficient (Wildman–Crippen LogP) is 4.42. The summed E-state index contributed by atoms with van der Waals surface area (Å²) in [6.45, 7) is 0. The molecule has 1 heterocycles. The standard InChI is InChI=1S/C19H14N2/c20-12-13-8-9-18-15(10-13)11-19(21-18)17-7-3-5-14-4-1-2-6-16(14)17/h1-10,19,21H,11H2. The maximum atomic E-state index is 9.02. The highest BCUT2D eigenvalue weighted by atomic mass is 14.9. The molecular weight excluding hydrogens is 256 g/mol. The molecule has 0 saturated heterocycles. The number of hydrogen-bond acceptors (Lipinski definition) is 2. The van der Waals surface area contributed by atoms with Crippen LogP contribution in [0.15, 0.2) is 60.7 Å². The summed E-state index contributed by atoms with van der Waals surface area (Å²) in [5.41, 5.74) is 4.43. The summed E-state index contributed by atoms with van der Waals surface area (Å²) in [6.07, 6.45) is 0.929. The Morgan fingerprint density at radius 2 is 1.86 bits per heavy atom. The van der Waals surface area contributed by atoms with E-state index in [4.69, 9.17) is 5.26 Å². The minimum absolute atomic E-state index is 0.278. The molecule has 4 rings (SSSR count). The average molecular weight is 270 g/mol. The number of anilines is 1. The van der Waals surface area contributed by atoms with Crippen molar-refractivity contribution in [1.29, 1.82) is 5.26 Å². The summed E-state index contributed by atoms with van der Waals surface area (Å²) in [5, 5.41) is 15.2. The minimum Gasteiger partial charge on any atom is -0.378 e. The molecule has 2 nitrogen and oxygen atoms in total. The van der Waals surface area contributed by atoms with Gasteiger partial charge >= 0.3 is 0 Å². The quantitative estimate of drug-likeness (QED) is 0.710. The monoisotopic (exact) mass is 270 g/mol. The molecule has 100 valence electrons. The zero-order chi connectivity index (χ0) is 14.2. The van der Waals surface area contributed by atoms with E-state index in [0.29, 0.717) is 0 Å². The first kappa shape index (κ1) is 12.0.